The summed E-state index contributed by atoms with van der Waals surface area (Å²) in [6.45, 7) is 12.6. The Morgan fingerprint density at radius 3 is 2.20 bits per heavy atom. The van der Waals surface area contributed by atoms with Gasteiger partial charge in [0.15, 0.2) is 0 Å². The zero-order chi connectivity index (χ0) is 19.0. The fraction of sp³-hybridized carbons (Fsp3) is 0.455. The molecule has 0 amide bonds. The molecule has 1 rings (SSSR count). The number of hydrogen-bond acceptors (Lipinski definition) is 0. The van der Waals surface area contributed by atoms with Crippen LogP contribution in [0.3, 0.4) is 0 Å². The second kappa shape index (κ2) is 9.65. The minimum absolute atomic E-state index is 0.128. The quantitative estimate of drug-likeness (QED) is 0.421. The maximum Gasteiger partial charge on any atom is 0.416 e. The molecule has 0 N–H and O–H groups in total. The van der Waals surface area contributed by atoms with Crippen LogP contribution in [0.2, 0.25) is 0 Å². The highest BCUT2D eigenvalue weighted by Crippen LogP contribution is 2.32. The SMILES string of the molecule is C=C(CC(C)c1ccc(C(F)(F)F)cc1)/C(=C\C=C/C(C)CC)CC. The van der Waals surface area contributed by atoms with Crippen LogP contribution in [0, 0.1) is 5.92 Å². The van der Waals surface area contributed by atoms with Gasteiger partial charge in [0.05, 0.1) is 5.56 Å². The van der Waals surface area contributed by atoms with Gasteiger partial charge in [0.2, 0.25) is 0 Å². The van der Waals surface area contributed by atoms with Crippen molar-refractivity contribution in [2.45, 2.75) is 59.1 Å². The Hall–Kier alpha value is -1.77. The van der Waals surface area contributed by atoms with Crippen molar-refractivity contribution in [3.8, 4) is 0 Å². The first kappa shape index (κ1) is 21.3. The predicted octanol–water partition coefficient (Wildman–Crippen LogP) is 7.69. The summed E-state index contributed by atoms with van der Waals surface area (Å²) in [6.07, 6.45) is 4.83. The molecule has 0 bridgehead atoms. The van der Waals surface area contributed by atoms with Gasteiger partial charge in [0, 0.05) is 0 Å². The molecule has 0 aliphatic carbocycles. The lowest BCUT2D eigenvalue weighted by molar-refractivity contribution is -0.137. The second-order valence-corrected chi connectivity index (χ2v) is 6.64. The van der Waals surface area contributed by atoms with Crippen molar-refractivity contribution in [3.63, 3.8) is 0 Å². The van der Waals surface area contributed by atoms with Crippen LogP contribution in [-0.2, 0) is 6.18 Å². The van der Waals surface area contributed by atoms with Crippen LogP contribution >= 0.6 is 0 Å². The van der Waals surface area contributed by atoms with Crippen molar-refractivity contribution >= 4 is 0 Å². The molecule has 2 atom stereocenters. The minimum Gasteiger partial charge on any atom is -0.166 e. The lowest BCUT2D eigenvalue weighted by Gasteiger charge is -2.16. The largest absolute Gasteiger partial charge is 0.416 e. The Morgan fingerprint density at radius 2 is 1.72 bits per heavy atom. The van der Waals surface area contributed by atoms with E-state index in [0.717, 1.165) is 42.5 Å². The van der Waals surface area contributed by atoms with Gasteiger partial charge in [-0.1, -0.05) is 76.6 Å². The van der Waals surface area contributed by atoms with E-state index in [9.17, 15) is 13.2 Å². The number of halogens is 3. The van der Waals surface area contributed by atoms with E-state index in [1.54, 1.807) is 12.1 Å². The topological polar surface area (TPSA) is 0 Å². The first-order chi connectivity index (χ1) is 11.7. The molecule has 0 heterocycles. The lowest BCUT2D eigenvalue weighted by Crippen LogP contribution is -2.05. The van der Waals surface area contributed by atoms with Gasteiger partial charge in [-0.2, -0.15) is 13.2 Å². The summed E-state index contributed by atoms with van der Waals surface area (Å²) < 4.78 is 38.0. The first-order valence-electron chi connectivity index (χ1n) is 8.91. The molecule has 0 saturated heterocycles. The van der Waals surface area contributed by atoms with Gasteiger partial charge in [0.1, 0.15) is 0 Å². The van der Waals surface area contributed by atoms with E-state index in [4.69, 9.17) is 0 Å². The van der Waals surface area contributed by atoms with Crippen LogP contribution in [-0.4, -0.2) is 0 Å². The number of hydrogen-bond donors (Lipinski definition) is 0. The van der Waals surface area contributed by atoms with Crippen molar-refractivity contribution < 1.29 is 13.2 Å². The van der Waals surface area contributed by atoms with Crippen molar-refractivity contribution in [1.29, 1.82) is 0 Å². The van der Waals surface area contributed by atoms with E-state index < -0.39 is 11.7 Å². The maximum atomic E-state index is 12.7. The zero-order valence-electron chi connectivity index (χ0n) is 15.7. The number of alkyl halides is 3. The number of allylic oxidation sites excluding steroid dienone is 5. The van der Waals surface area contributed by atoms with Crippen LogP contribution in [0.15, 0.2) is 60.2 Å². The van der Waals surface area contributed by atoms with Crippen molar-refractivity contribution in [2.75, 3.05) is 0 Å². The number of benzene rings is 1. The highest BCUT2D eigenvalue weighted by Gasteiger charge is 2.30. The summed E-state index contributed by atoms with van der Waals surface area (Å²) in [7, 11) is 0. The fourth-order valence-corrected chi connectivity index (χ4v) is 2.60. The summed E-state index contributed by atoms with van der Waals surface area (Å²) in [6, 6.07) is 5.44. The second-order valence-electron chi connectivity index (χ2n) is 6.64. The van der Waals surface area contributed by atoms with E-state index >= 15 is 0 Å². The van der Waals surface area contributed by atoms with E-state index in [0.29, 0.717) is 5.92 Å². The zero-order valence-corrected chi connectivity index (χ0v) is 15.7. The molecule has 1 aromatic carbocycles. The molecule has 0 nitrogen and oxygen atoms in total. The third-order valence-corrected chi connectivity index (χ3v) is 4.58. The third-order valence-electron chi connectivity index (χ3n) is 4.58. The van der Waals surface area contributed by atoms with Crippen LogP contribution in [0.25, 0.3) is 0 Å². The molecule has 0 spiro atoms. The summed E-state index contributed by atoms with van der Waals surface area (Å²) in [5.41, 5.74) is 2.54. The van der Waals surface area contributed by atoms with Gasteiger partial charge >= 0.3 is 6.18 Å². The minimum atomic E-state index is -4.29. The van der Waals surface area contributed by atoms with E-state index in [-0.39, 0.29) is 5.92 Å². The molecule has 0 aliphatic heterocycles. The molecule has 0 saturated carbocycles. The summed E-state index contributed by atoms with van der Waals surface area (Å²) in [5.74, 6) is 0.678. The Labute approximate surface area is 150 Å². The maximum absolute atomic E-state index is 12.7. The van der Waals surface area contributed by atoms with Gasteiger partial charge < -0.3 is 0 Å². The van der Waals surface area contributed by atoms with Crippen LogP contribution < -0.4 is 0 Å². The Balaban J connectivity index is 2.77. The predicted molar refractivity (Wildman–Crippen MR) is 101 cm³/mol. The highest BCUT2D eigenvalue weighted by atomic mass is 19.4. The Bertz CT molecular complexity index is 603. The standard InChI is InChI=1S/C22H29F3/c1-6-16(3)9-8-10-19(7-2)17(4)15-18(5)20-11-13-21(14-12-20)22(23,24)25/h8-14,16,18H,4,6-7,15H2,1-3,5H3/b9-8-,19-10-. The molecule has 0 aliphatic rings. The van der Waals surface area contributed by atoms with E-state index in [2.05, 4.69) is 45.6 Å². The Kier molecular flexibility index (Phi) is 8.21. The summed E-state index contributed by atoms with van der Waals surface area (Å²) in [4.78, 5) is 0. The molecule has 1 aromatic rings. The first-order valence-corrected chi connectivity index (χ1v) is 8.91. The molecule has 0 radical (unpaired) electrons. The van der Waals surface area contributed by atoms with Gasteiger partial charge in [-0.3, -0.25) is 0 Å². The molecule has 138 valence electrons. The van der Waals surface area contributed by atoms with Gasteiger partial charge in [-0.15, -0.1) is 0 Å². The monoisotopic (exact) mass is 350 g/mol. The average Bonchev–Trinajstić information content (AvgIpc) is 2.57. The van der Waals surface area contributed by atoms with E-state index in [1.165, 1.54) is 5.57 Å². The van der Waals surface area contributed by atoms with E-state index in [1.807, 2.05) is 6.92 Å². The average molecular weight is 350 g/mol. The van der Waals surface area contributed by atoms with Crippen LogP contribution in [0.4, 0.5) is 13.2 Å². The Morgan fingerprint density at radius 1 is 1.12 bits per heavy atom. The molecule has 3 heteroatoms. The highest BCUT2D eigenvalue weighted by molar-refractivity contribution is 5.34. The molecular formula is C22H29F3. The van der Waals surface area contributed by atoms with Crippen molar-refractivity contribution in [2.24, 2.45) is 5.92 Å². The van der Waals surface area contributed by atoms with Crippen LogP contribution in [0.5, 0.6) is 0 Å². The lowest BCUT2D eigenvalue weighted by atomic mass is 9.89. The van der Waals surface area contributed by atoms with Gasteiger partial charge in [0.25, 0.3) is 0 Å². The summed E-state index contributed by atoms with van der Waals surface area (Å²) in [5, 5.41) is 0. The van der Waals surface area contributed by atoms with Gasteiger partial charge in [-0.25, -0.2) is 0 Å². The fourth-order valence-electron chi connectivity index (χ4n) is 2.60. The summed E-state index contributed by atoms with van der Waals surface area (Å²) >= 11 is 0. The molecule has 0 fully saturated rings. The molecule has 0 aromatic heterocycles. The van der Waals surface area contributed by atoms with Crippen LogP contribution in [0.1, 0.15) is 64.0 Å². The molecular weight excluding hydrogens is 321 g/mol. The van der Waals surface area contributed by atoms with Crippen molar-refractivity contribution in [1.82, 2.24) is 0 Å². The smallest absolute Gasteiger partial charge is 0.166 e. The molecule has 25 heavy (non-hydrogen) atoms. The van der Waals surface area contributed by atoms with Crippen molar-refractivity contribution in [3.05, 3.63) is 71.3 Å². The molecule has 2 unspecified atom stereocenters. The number of rotatable bonds is 8. The van der Waals surface area contributed by atoms with Gasteiger partial charge in [-0.05, 0) is 47.9 Å². The normalized spacial score (nSPS) is 15.4. The third kappa shape index (κ3) is 6.93.